The van der Waals surface area contributed by atoms with E-state index in [1.54, 1.807) is 45.2 Å². The molecule has 1 aromatic rings. The summed E-state index contributed by atoms with van der Waals surface area (Å²) >= 11 is 3.38. The predicted octanol–water partition coefficient (Wildman–Crippen LogP) is 2.04. The third-order valence-electron chi connectivity index (χ3n) is 1.21. The molecule has 13 heavy (non-hydrogen) atoms. The first kappa shape index (κ1) is 10.6. The van der Waals surface area contributed by atoms with Crippen molar-refractivity contribution in [1.29, 1.82) is 0 Å². The largest absolute Gasteiger partial charge is 0.358 e. The minimum absolute atomic E-state index is 0.259. The van der Waals surface area contributed by atoms with Crippen molar-refractivity contribution in [3.63, 3.8) is 0 Å². The average molecular weight is 409 g/mol. The van der Waals surface area contributed by atoms with Crippen molar-refractivity contribution in [3.8, 4) is 0 Å². The number of nitro groups is 2. The molecule has 0 aliphatic carbocycles. The number of halogens is 2. The zero-order chi connectivity index (χ0) is 10.2. The molecular formula is C4HI2N3O4. The Balaban J connectivity index is 3.36. The first-order valence-electron chi connectivity index (χ1n) is 2.81. The Hall–Kier alpha value is -0.460. The van der Waals surface area contributed by atoms with E-state index < -0.39 is 9.85 Å². The number of rotatable bonds is 2. The van der Waals surface area contributed by atoms with Crippen LogP contribution in [0.5, 0.6) is 0 Å². The lowest BCUT2D eigenvalue weighted by Gasteiger charge is -1.88. The Morgan fingerprint density at radius 3 is 1.46 bits per heavy atom. The van der Waals surface area contributed by atoms with Crippen LogP contribution in [0.4, 0.5) is 11.6 Å². The smallest absolute Gasteiger partial charge is 0.338 e. The number of aromatic nitrogens is 1. The van der Waals surface area contributed by atoms with Crippen molar-refractivity contribution >= 4 is 56.8 Å². The second-order valence-corrected chi connectivity index (χ2v) is 4.12. The Morgan fingerprint density at radius 1 is 1.00 bits per heavy atom. The molecule has 1 heterocycles. The molecule has 0 spiro atoms. The van der Waals surface area contributed by atoms with Gasteiger partial charge in [-0.2, -0.15) is 4.98 Å². The molecule has 0 bridgehead atoms. The van der Waals surface area contributed by atoms with Gasteiger partial charge in [-0.1, -0.05) is 0 Å². The second kappa shape index (κ2) is 3.73. The molecule has 1 aromatic heterocycles. The van der Waals surface area contributed by atoms with Crippen LogP contribution in [0.1, 0.15) is 0 Å². The van der Waals surface area contributed by atoms with Gasteiger partial charge in [0.15, 0.2) is 0 Å². The van der Waals surface area contributed by atoms with Crippen LogP contribution >= 0.6 is 45.2 Å². The fourth-order valence-corrected chi connectivity index (χ4v) is 1.86. The topological polar surface area (TPSA) is 102 Å². The second-order valence-electron chi connectivity index (χ2n) is 1.96. The summed E-state index contributed by atoms with van der Waals surface area (Å²) in [6, 6.07) is 0. The molecule has 70 valence electrons. The molecule has 1 rings (SSSR count). The monoisotopic (exact) mass is 409 g/mol. The molecule has 7 nitrogen and oxygen atoms in total. The van der Waals surface area contributed by atoms with E-state index in [4.69, 9.17) is 0 Å². The van der Waals surface area contributed by atoms with Crippen LogP contribution in [0.25, 0.3) is 0 Å². The first-order valence-corrected chi connectivity index (χ1v) is 4.96. The van der Waals surface area contributed by atoms with Gasteiger partial charge in [0.25, 0.3) is 0 Å². The molecule has 9 heteroatoms. The molecule has 0 amide bonds. The average Bonchev–Trinajstić information content (AvgIpc) is 2.29. The highest BCUT2D eigenvalue weighted by Gasteiger charge is 2.25. The minimum Gasteiger partial charge on any atom is -0.358 e. The highest BCUT2D eigenvalue weighted by molar-refractivity contribution is 14.1. The molecule has 0 aliphatic rings. The lowest BCUT2D eigenvalue weighted by atomic mass is 10.6. The van der Waals surface area contributed by atoms with Crippen LogP contribution in [0.15, 0.2) is 0 Å². The molecule has 0 radical (unpaired) electrons. The standard InChI is InChI=1S/C4HI2N3O4/c5-1-2(6)4(9(12)13)7-3(1)8(10)11/h7H. The third-order valence-corrected chi connectivity index (χ3v) is 4.34. The summed E-state index contributed by atoms with van der Waals surface area (Å²) < 4.78 is 0.518. The van der Waals surface area contributed by atoms with Gasteiger partial charge in [-0.15, -0.1) is 0 Å². The molecule has 0 atom stereocenters. The molecule has 0 aromatic carbocycles. The zero-order valence-electron chi connectivity index (χ0n) is 5.78. The summed E-state index contributed by atoms with van der Waals surface area (Å²) in [5, 5.41) is 20.7. The van der Waals surface area contributed by atoms with Crippen molar-refractivity contribution in [3.05, 3.63) is 27.4 Å². The van der Waals surface area contributed by atoms with Gasteiger partial charge in [0.2, 0.25) is 0 Å². The Bertz CT molecular complexity index is 352. The van der Waals surface area contributed by atoms with E-state index in [1.165, 1.54) is 0 Å². The van der Waals surface area contributed by atoms with Gasteiger partial charge in [0.1, 0.15) is 7.14 Å². The first-order chi connectivity index (χ1) is 5.95. The van der Waals surface area contributed by atoms with Crippen molar-refractivity contribution in [1.82, 2.24) is 4.98 Å². The maximum absolute atomic E-state index is 10.4. The molecule has 0 aliphatic heterocycles. The van der Waals surface area contributed by atoms with Crippen molar-refractivity contribution in [2.75, 3.05) is 0 Å². The SMILES string of the molecule is O=[N+]([O-])c1[nH]c([N+](=O)[O-])c(I)c1I. The summed E-state index contributed by atoms with van der Waals surface area (Å²) in [6.07, 6.45) is 0. The Kier molecular flexibility index (Phi) is 3.05. The van der Waals surface area contributed by atoms with Crippen molar-refractivity contribution < 1.29 is 9.85 Å². The van der Waals surface area contributed by atoms with Gasteiger partial charge in [-0.25, -0.2) is 0 Å². The van der Waals surface area contributed by atoms with E-state index in [-0.39, 0.29) is 18.8 Å². The molecular weight excluding hydrogens is 408 g/mol. The van der Waals surface area contributed by atoms with E-state index in [9.17, 15) is 20.2 Å². The summed E-state index contributed by atoms with van der Waals surface area (Å²) in [5.41, 5.74) is 0. The number of nitrogens with one attached hydrogen (secondary N) is 1. The van der Waals surface area contributed by atoms with E-state index in [0.29, 0.717) is 0 Å². The predicted molar refractivity (Wildman–Crippen MR) is 59.5 cm³/mol. The van der Waals surface area contributed by atoms with Gasteiger partial charge in [0.05, 0.1) is 0 Å². The van der Waals surface area contributed by atoms with Crippen LogP contribution in [-0.4, -0.2) is 14.8 Å². The number of hydrogen-bond donors (Lipinski definition) is 1. The third kappa shape index (κ3) is 1.90. The highest BCUT2D eigenvalue weighted by Crippen LogP contribution is 2.32. The van der Waals surface area contributed by atoms with Crippen LogP contribution in [-0.2, 0) is 0 Å². The summed E-state index contributed by atoms with van der Waals surface area (Å²) in [6.45, 7) is 0. The Morgan fingerprint density at radius 2 is 1.31 bits per heavy atom. The van der Waals surface area contributed by atoms with E-state index >= 15 is 0 Å². The zero-order valence-corrected chi connectivity index (χ0v) is 10.1. The summed E-state index contributed by atoms with van der Waals surface area (Å²) in [4.78, 5) is 21.5. The fourth-order valence-electron chi connectivity index (χ4n) is 0.681. The Labute approximate surface area is 98.5 Å². The molecule has 0 fully saturated rings. The van der Waals surface area contributed by atoms with Crippen molar-refractivity contribution in [2.45, 2.75) is 0 Å². The number of H-pyrrole nitrogens is 1. The normalized spacial score (nSPS) is 10.0. The van der Waals surface area contributed by atoms with Gasteiger partial charge in [-0.05, 0) is 55.0 Å². The quantitative estimate of drug-likeness (QED) is 0.459. The highest BCUT2D eigenvalue weighted by atomic mass is 127. The molecule has 0 saturated carbocycles. The number of nitrogens with zero attached hydrogens (tertiary/aromatic N) is 2. The number of hydrogen-bond acceptors (Lipinski definition) is 4. The van der Waals surface area contributed by atoms with Gasteiger partial charge in [0, 0.05) is 0 Å². The maximum Gasteiger partial charge on any atom is 0.338 e. The van der Waals surface area contributed by atoms with Gasteiger partial charge >= 0.3 is 11.6 Å². The van der Waals surface area contributed by atoms with Crippen LogP contribution in [0.3, 0.4) is 0 Å². The lowest BCUT2D eigenvalue weighted by Crippen LogP contribution is -1.91. The van der Waals surface area contributed by atoms with Gasteiger partial charge < -0.3 is 20.2 Å². The summed E-state index contributed by atoms with van der Waals surface area (Å²) in [7, 11) is 0. The molecule has 0 saturated heterocycles. The maximum atomic E-state index is 10.4. The van der Waals surface area contributed by atoms with Crippen LogP contribution in [0, 0.1) is 27.4 Å². The van der Waals surface area contributed by atoms with E-state index in [1.807, 2.05) is 0 Å². The molecule has 0 unspecified atom stereocenters. The van der Waals surface area contributed by atoms with Crippen LogP contribution < -0.4 is 0 Å². The minimum atomic E-state index is -0.684. The molecule has 1 N–H and O–H groups in total. The summed E-state index contributed by atoms with van der Waals surface area (Å²) in [5.74, 6) is -0.673. The van der Waals surface area contributed by atoms with E-state index in [0.717, 1.165) is 0 Å². The fraction of sp³-hybridized carbons (Fsp3) is 0. The van der Waals surface area contributed by atoms with E-state index in [2.05, 4.69) is 4.98 Å². The van der Waals surface area contributed by atoms with Crippen LogP contribution in [0.2, 0.25) is 0 Å². The lowest BCUT2D eigenvalue weighted by molar-refractivity contribution is -0.400. The number of aromatic amines is 1. The van der Waals surface area contributed by atoms with Crippen molar-refractivity contribution in [2.24, 2.45) is 0 Å². The van der Waals surface area contributed by atoms with Gasteiger partial charge in [-0.3, -0.25) is 0 Å².